The SMILES string of the molecule is CCN1CCC(CNC(=O)c2nc[nH]c2C(=O)O)C1. The van der Waals surface area contributed by atoms with Crippen molar-refractivity contribution in [2.45, 2.75) is 13.3 Å². The smallest absolute Gasteiger partial charge is 0.354 e. The van der Waals surface area contributed by atoms with Crippen LogP contribution in [0.25, 0.3) is 0 Å². The summed E-state index contributed by atoms with van der Waals surface area (Å²) in [7, 11) is 0. The number of hydrogen-bond donors (Lipinski definition) is 3. The van der Waals surface area contributed by atoms with E-state index in [0.717, 1.165) is 26.1 Å². The zero-order chi connectivity index (χ0) is 13.8. The number of nitrogens with zero attached hydrogens (tertiary/aromatic N) is 2. The first-order valence-electron chi connectivity index (χ1n) is 6.39. The molecule has 1 unspecified atom stereocenters. The third-order valence-corrected chi connectivity index (χ3v) is 3.44. The molecule has 0 spiro atoms. The van der Waals surface area contributed by atoms with Crippen LogP contribution in [-0.2, 0) is 0 Å². The summed E-state index contributed by atoms with van der Waals surface area (Å²) in [5.41, 5.74) is -0.225. The van der Waals surface area contributed by atoms with E-state index in [9.17, 15) is 9.59 Å². The molecule has 1 amide bonds. The maximum Gasteiger partial charge on any atom is 0.354 e. The molecular formula is C12H18N4O3. The molecule has 0 radical (unpaired) electrons. The molecular weight excluding hydrogens is 248 g/mol. The topological polar surface area (TPSA) is 98.3 Å². The second-order valence-corrected chi connectivity index (χ2v) is 4.69. The number of carbonyl (C=O) groups excluding carboxylic acids is 1. The molecule has 19 heavy (non-hydrogen) atoms. The van der Waals surface area contributed by atoms with Crippen molar-refractivity contribution in [2.24, 2.45) is 5.92 Å². The van der Waals surface area contributed by atoms with E-state index < -0.39 is 11.9 Å². The van der Waals surface area contributed by atoms with Crippen LogP contribution < -0.4 is 5.32 Å². The lowest BCUT2D eigenvalue weighted by atomic mass is 10.1. The van der Waals surface area contributed by atoms with Crippen LogP contribution in [0, 0.1) is 5.92 Å². The van der Waals surface area contributed by atoms with Crippen molar-refractivity contribution in [3.05, 3.63) is 17.7 Å². The van der Waals surface area contributed by atoms with Crippen LogP contribution in [0.2, 0.25) is 0 Å². The van der Waals surface area contributed by atoms with Crippen molar-refractivity contribution in [3.8, 4) is 0 Å². The van der Waals surface area contributed by atoms with E-state index in [1.807, 2.05) is 0 Å². The molecule has 104 valence electrons. The number of carboxylic acids is 1. The van der Waals surface area contributed by atoms with Crippen LogP contribution in [0.1, 0.15) is 34.3 Å². The van der Waals surface area contributed by atoms with Gasteiger partial charge in [0.05, 0.1) is 6.33 Å². The fraction of sp³-hybridized carbons (Fsp3) is 0.583. The molecule has 1 aliphatic rings. The largest absolute Gasteiger partial charge is 0.477 e. The number of hydrogen-bond acceptors (Lipinski definition) is 4. The van der Waals surface area contributed by atoms with E-state index in [0.29, 0.717) is 12.5 Å². The van der Waals surface area contributed by atoms with Gasteiger partial charge >= 0.3 is 5.97 Å². The van der Waals surface area contributed by atoms with Gasteiger partial charge in [-0.2, -0.15) is 0 Å². The quantitative estimate of drug-likeness (QED) is 0.706. The van der Waals surface area contributed by atoms with Gasteiger partial charge < -0.3 is 20.3 Å². The standard InChI is InChI=1S/C12H18N4O3/c1-2-16-4-3-8(6-16)5-13-11(17)9-10(12(18)19)15-7-14-9/h7-8H,2-6H2,1H3,(H,13,17)(H,14,15)(H,18,19). The summed E-state index contributed by atoms with van der Waals surface area (Å²) in [6.45, 7) is 5.72. The van der Waals surface area contributed by atoms with Gasteiger partial charge in [-0.3, -0.25) is 4.79 Å². The van der Waals surface area contributed by atoms with E-state index in [-0.39, 0.29) is 11.4 Å². The lowest BCUT2D eigenvalue weighted by molar-refractivity contribution is 0.0685. The number of amides is 1. The summed E-state index contributed by atoms with van der Waals surface area (Å²) >= 11 is 0. The minimum Gasteiger partial charge on any atom is -0.477 e. The molecule has 1 aromatic rings. The van der Waals surface area contributed by atoms with Crippen LogP contribution in [0.4, 0.5) is 0 Å². The fourth-order valence-corrected chi connectivity index (χ4v) is 2.32. The fourth-order valence-electron chi connectivity index (χ4n) is 2.32. The average Bonchev–Trinajstić information content (AvgIpc) is 3.04. The molecule has 0 saturated carbocycles. The Morgan fingerprint density at radius 2 is 2.42 bits per heavy atom. The zero-order valence-corrected chi connectivity index (χ0v) is 10.8. The number of aromatic nitrogens is 2. The van der Waals surface area contributed by atoms with Gasteiger partial charge in [-0.15, -0.1) is 0 Å². The van der Waals surface area contributed by atoms with Crippen molar-refractivity contribution < 1.29 is 14.7 Å². The van der Waals surface area contributed by atoms with Gasteiger partial charge in [0.1, 0.15) is 0 Å². The van der Waals surface area contributed by atoms with Crippen LogP contribution >= 0.6 is 0 Å². The molecule has 1 aliphatic heterocycles. The third kappa shape index (κ3) is 3.11. The molecule has 0 aromatic carbocycles. The minimum absolute atomic E-state index is 0.0576. The van der Waals surface area contributed by atoms with E-state index in [4.69, 9.17) is 5.11 Å². The average molecular weight is 266 g/mol. The number of imidazole rings is 1. The highest BCUT2D eigenvalue weighted by Gasteiger charge is 2.24. The van der Waals surface area contributed by atoms with Crippen LogP contribution in [0.5, 0.6) is 0 Å². The Labute approximate surface area is 111 Å². The van der Waals surface area contributed by atoms with Gasteiger partial charge in [0.2, 0.25) is 0 Å². The van der Waals surface area contributed by atoms with Crippen molar-refractivity contribution in [3.63, 3.8) is 0 Å². The monoisotopic (exact) mass is 266 g/mol. The molecule has 1 aromatic heterocycles. The highest BCUT2D eigenvalue weighted by Crippen LogP contribution is 2.14. The van der Waals surface area contributed by atoms with Crippen LogP contribution in [0.3, 0.4) is 0 Å². The first-order chi connectivity index (χ1) is 9.11. The van der Waals surface area contributed by atoms with Crippen LogP contribution in [0.15, 0.2) is 6.33 Å². The normalized spacial score (nSPS) is 19.5. The Morgan fingerprint density at radius 3 is 3.05 bits per heavy atom. The van der Waals surface area contributed by atoms with E-state index >= 15 is 0 Å². The Balaban J connectivity index is 1.88. The molecule has 0 aliphatic carbocycles. The first-order valence-corrected chi connectivity index (χ1v) is 6.39. The summed E-state index contributed by atoms with van der Waals surface area (Å²) < 4.78 is 0. The number of likely N-dealkylation sites (tertiary alicyclic amines) is 1. The number of H-pyrrole nitrogens is 1. The number of carbonyl (C=O) groups is 2. The molecule has 0 bridgehead atoms. The Morgan fingerprint density at radius 1 is 1.63 bits per heavy atom. The van der Waals surface area contributed by atoms with E-state index in [2.05, 4.69) is 27.1 Å². The van der Waals surface area contributed by atoms with E-state index in [1.54, 1.807) is 0 Å². The summed E-state index contributed by atoms with van der Waals surface area (Å²) in [4.78, 5) is 31.3. The third-order valence-electron chi connectivity index (χ3n) is 3.44. The number of carboxylic acid groups (broad SMARTS) is 1. The zero-order valence-electron chi connectivity index (χ0n) is 10.8. The first kappa shape index (κ1) is 13.5. The second-order valence-electron chi connectivity index (χ2n) is 4.69. The van der Waals surface area contributed by atoms with Gasteiger partial charge in [0.25, 0.3) is 5.91 Å². The molecule has 7 nitrogen and oxygen atoms in total. The maximum atomic E-state index is 11.9. The molecule has 1 saturated heterocycles. The van der Waals surface area contributed by atoms with Gasteiger partial charge in [-0.25, -0.2) is 9.78 Å². The summed E-state index contributed by atoms with van der Waals surface area (Å²) in [6, 6.07) is 0. The summed E-state index contributed by atoms with van der Waals surface area (Å²) in [5, 5.41) is 11.6. The maximum absolute atomic E-state index is 11.9. The Bertz CT molecular complexity index is 471. The molecule has 2 rings (SSSR count). The highest BCUT2D eigenvalue weighted by molar-refractivity contribution is 6.02. The number of nitrogens with one attached hydrogen (secondary N) is 2. The van der Waals surface area contributed by atoms with Crippen molar-refractivity contribution in [2.75, 3.05) is 26.2 Å². The predicted octanol–water partition coefficient (Wildman–Crippen LogP) is 0.179. The molecule has 1 fully saturated rings. The summed E-state index contributed by atoms with van der Waals surface area (Å²) in [6.07, 6.45) is 2.27. The van der Waals surface area contributed by atoms with Crippen molar-refractivity contribution >= 4 is 11.9 Å². The van der Waals surface area contributed by atoms with Crippen molar-refractivity contribution in [1.82, 2.24) is 20.2 Å². The molecule has 1 atom stereocenters. The highest BCUT2D eigenvalue weighted by atomic mass is 16.4. The number of aromatic amines is 1. The lowest BCUT2D eigenvalue weighted by Crippen LogP contribution is -2.32. The van der Waals surface area contributed by atoms with Gasteiger partial charge in [-0.05, 0) is 25.4 Å². The molecule has 3 N–H and O–H groups in total. The number of aromatic carboxylic acids is 1. The molecule has 2 heterocycles. The van der Waals surface area contributed by atoms with E-state index in [1.165, 1.54) is 6.33 Å². The van der Waals surface area contributed by atoms with Gasteiger partial charge in [0, 0.05) is 13.1 Å². The second kappa shape index (κ2) is 5.83. The number of rotatable bonds is 5. The Kier molecular flexibility index (Phi) is 4.16. The summed E-state index contributed by atoms with van der Waals surface area (Å²) in [5.74, 6) is -1.19. The molecule has 7 heteroatoms. The van der Waals surface area contributed by atoms with Gasteiger partial charge in [0.15, 0.2) is 11.4 Å². The minimum atomic E-state index is -1.18. The predicted molar refractivity (Wildman–Crippen MR) is 68.1 cm³/mol. The van der Waals surface area contributed by atoms with Crippen LogP contribution in [-0.4, -0.2) is 58.0 Å². The van der Waals surface area contributed by atoms with Crippen molar-refractivity contribution in [1.29, 1.82) is 0 Å². The van der Waals surface area contributed by atoms with Gasteiger partial charge in [-0.1, -0.05) is 6.92 Å². The lowest BCUT2D eigenvalue weighted by Gasteiger charge is -2.13. The Hall–Kier alpha value is -1.89.